The zero-order valence-electron chi connectivity index (χ0n) is 14.0. The average molecular weight is 370 g/mol. The van der Waals surface area contributed by atoms with Gasteiger partial charge < -0.3 is 4.57 Å². The first-order chi connectivity index (χ1) is 12.9. The minimum absolute atomic E-state index is 0.165. The summed E-state index contributed by atoms with van der Waals surface area (Å²) in [5.74, 6) is -0.00386. The fourth-order valence-electron chi connectivity index (χ4n) is 3.09. The summed E-state index contributed by atoms with van der Waals surface area (Å²) < 4.78 is 55.2. The molecular weight excluding hydrogens is 356 g/mol. The van der Waals surface area contributed by atoms with Gasteiger partial charge in [-0.1, -0.05) is 42.5 Å². The van der Waals surface area contributed by atoms with E-state index in [0.717, 1.165) is 17.6 Å². The van der Waals surface area contributed by atoms with Gasteiger partial charge in [-0.15, -0.1) is 0 Å². The molecule has 6 heteroatoms. The van der Waals surface area contributed by atoms with Crippen LogP contribution in [0.5, 0.6) is 0 Å². The number of hydrogen-bond donors (Lipinski definition) is 0. The van der Waals surface area contributed by atoms with E-state index in [9.17, 15) is 17.6 Å². The molecule has 0 amide bonds. The zero-order valence-corrected chi connectivity index (χ0v) is 14.0. The molecule has 0 radical (unpaired) electrons. The van der Waals surface area contributed by atoms with Crippen LogP contribution in [0.15, 0.2) is 72.8 Å². The summed E-state index contributed by atoms with van der Waals surface area (Å²) in [6, 6.07) is 18.6. The average Bonchev–Trinajstić information content (AvgIpc) is 3.02. The van der Waals surface area contributed by atoms with Crippen molar-refractivity contribution in [2.45, 2.75) is 12.7 Å². The van der Waals surface area contributed by atoms with Crippen molar-refractivity contribution in [1.29, 1.82) is 0 Å². The van der Waals surface area contributed by atoms with E-state index in [1.165, 1.54) is 12.1 Å². The van der Waals surface area contributed by atoms with Gasteiger partial charge in [0.15, 0.2) is 0 Å². The van der Waals surface area contributed by atoms with Gasteiger partial charge in [-0.3, -0.25) is 0 Å². The quantitative estimate of drug-likeness (QED) is 0.410. The van der Waals surface area contributed by atoms with Gasteiger partial charge in [0.25, 0.3) is 0 Å². The van der Waals surface area contributed by atoms with E-state index in [1.54, 1.807) is 41.0 Å². The summed E-state index contributed by atoms with van der Waals surface area (Å²) in [6.07, 6.45) is -4.45. The summed E-state index contributed by atoms with van der Waals surface area (Å²) in [5.41, 5.74) is 1.39. The van der Waals surface area contributed by atoms with Gasteiger partial charge in [0.2, 0.25) is 0 Å². The van der Waals surface area contributed by atoms with Gasteiger partial charge in [0.1, 0.15) is 11.6 Å². The predicted molar refractivity (Wildman–Crippen MR) is 95.7 cm³/mol. The topological polar surface area (TPSA) is 17.8 Å². The van der Waals surface area contributed by atoms with Crippen LogP contribution >= 0.6 is 0 Å². The fourth-order valence-corrected chi connectivity index (χ4v) is 3.09. The number of para-hydroxylation sites is 2. The van der Waals surface area contributed by atoms with Crippen molar-refractivity contribution in [3.05, 3.63) is 89.7 Å². The maximum absolute atomic E-state index is 14.2. The largest absolute Gasteiger partial charge is 0.416 e. The number of benzene rings is 3. The van der Waals surface area contributed by atoms with Crippen LogP contribution in [0.3, 0.4) is 0 Å². The second-order valence-corrected chi connectivity index (χ2v) is 6.18. The molecular formula is C21H14F4N2. The maximum atomic E-state index is 14.2. The Morgan fingerprint density at radius 2 is 1.59 bits per heavy atom. The van der Waals surface area contributed by atoms with Crippen LogP contribution < -0.4 is 0 Å². The molecule has 0 fully saturated rings. The standard InChI is InChI=1S/C21H14F4N2/c22-17-9-2-1-6-15(17)13-27-19-11-4-3-10-18(19)26-20(27)14-7-5-8-16(12-14)21(23,24)25/h1-12H,13H2. The Morgan fingerprint density at radius 1 is 0.852 bits per heavy atom. The van der Waals surface area contributed by atoms with E-state index in [0.29, 0.717) is 22.5 Å². The third-order valence-corrected chi connectivity index (χ3v) is 4.39. The number of hydrogen-bond acceptors (Lipinski definition) is 1. The van der Waals surface area contributed by atoms with E-state index in [-0.39, 0.29) is 12.4 Å². The van der Waals surface area contributed by atoms with Crippen molar-refractivity contribution < 1.29 is 17.6 Å². The Labute approximate surface area is 152 Å². The molecule has 4 aromatic rings. The number of alkyl halides is 3. The van der Waals surface area contributed by atoms with Crippen LogP contribution in [0.4, 0.5) is 17.6 Å². The molecule has 4 rings (SSSR count). The number of imidazole rings is 1. The van der Waals surface area contributed by atoms with Crippen LogP contribution in [-0.4, -0.2) is 9.55 Å². The molecule has 27 heavy (non-hydrogen) atoms. The molecule has 0 aliphatic heterocycles. The van der Waals surface area contributed by atoms with Gasteiger partial charge in [0.05, 0.1) is 23.1 Å². The highest BCUT2D eigenvalue weighted by Gasteiger charge is 2.31. The second kappa shape index (κ2) is 6.54. The molecule has 136 valence electrons. The summed E-state index contributed by atoms with van der Waals surface area (Å²) in [7, 11) is 0. The van der Waals surface area contributed by atoms with Crippen molar-refractivity contribution in [2.75, 3.05) is 0 Å². The van der Waals surface area contributed by atoms with E-state index < -0.39 is 11.7 Å². The smallest absolute Gasteiger partial charge is 0.319 e. The first-order valence-corrected chi connectivity index (χ1v) is 8.30. The fraction of sp³-hybridized carbons (Fsp3) is 0.0952. The summed E-state index contributed by atoms with van der Waals surface area (Å²) in [5, 5.41) is 0. The molecule has 0 aliphatic rings. The molecule has 3 aromatic carbocycles. The number of halogens is 4. The number of rotatable bonds is 3. The lowest BCUT2D eigenvalue weighted by atomic mass is 10.1. The first-order valence-electron chi connectivity index (χ1n) is 8.30. The lowest BCUT2D eigenvalue weighted by molar-refractivity contribution is -0.137. The molecule has 0 saturated heterocycles. The summed E-state index contributed by atoms with van der Waals surface area (Å²) >= 11 is 0. The molecule has 1 aromatic heterocycles. The monoisotopic (exact) mass is 370 g/mol. The van der Waals surface area contributed by atoms with E-state index in [1.807, 2.05) is 12.1 Å². The van der Waals surface area contributed by atoms with Crippen molar-refractivity contribution in [3.63, 3.8) is 0 Å². The van der Waals surface area contributed by atoms with Gasteiger partial charge in [-0.2, -0.15) is 13.2 Å². The minimum Gasteiger partial charge on any atom is -0.319 e. The molecule has 0 unspecified atom stereocenters. The molecule has 0 N–H and O–H groups in total. The van der Waals surface area contributed by atoms with Crippen LogP contribution in [0.1, 0.15) is 11.1 Å². The van der Waals surface area contributed by atoms with E-state index in [4.69, 9.17) is 0 Å². The number of aromatic nitrogens is 2. The first kappa shape index (κ1) is 17.3. The van der Waals surface area contributed by atoms with Crippen LogP contribution in [0.25, 0.3) is 22.4 Å². The Balaban J connectivity index is 1.90. The maximum Gasteiger partial charge on any atom is 0.416 e. The SMILES string of the molecule is Fc1ccccc1Cn1c(-c2cccc(C(F)(F)F)c2)nc2ccccc21. The van der Waals surface area contributed by atoms with Crippen molar-refractivity contribution >= 4 is 11.0 Å². The second-order valence-electron chi connectivity index (χ2n) is 6.18. The number of nitrogens with zero attached hydrogens (tertiary/aromatic N) is 2. The highest BCUT2D eigenvalue weighted by Crippen LogP contribution is 2.33. The summed E-state index contributed by atoms with van der Waals surface area (Å²) in [4.78, 5) is 4.51. The van der Waals surface area contributed by atoms with Gasteiger partial charge in [-0.25, -0.2) is 9.37 Å². The third-order valence-electron chi connectivity index (χ3n) is 4.39. The van der Waals surface area contributed by atoms with Gasteiger partial charge >= 0.3 is 6.18 Å². The van der Waals surface area contributed by atoms with Crippen LogP contribution in [-0.2, 0) is 12.7 Å². The van der Waals surface area contributed by atoms with Crippen molar-refractivity contribution in [3.8, 4) is 11.4 Å². The minimum atomic E-state index is -4.45. The normalized spacial score (nSPS) is 11.9. The van der Waals surface area contributed by atoms with Gasteiger partial charge in [0, 0.05) is 11.1 Å². The Morgan fingerprint density at radius 3 is 2.37 bits per heavy atom. The molecule has 0 atom stereocenters. The van der Waals surface area contributed by atoms with Crippen molar-refractivity contribution in [1.82, 2.24) is 9.55 Å². The molecule has 2 nitrogen and oxygen atoms in total. The summed E-state index contributed by atoms with van der Waals surface area (Å²) in [6.45, 7) is 0.165. The molecule has 1 heterocycles. The third kappa shape index (κ3) is 3.30. The predicted octanol–water partition coefficient (Wildman–Crippen LogP) is 5.91. The van der Waals surface area contributed by atoms with E-state index >= 15 is 0 Å². The van der Waals surface area contributed by atoms with E-state index in [2.05, 4.69) is 4.98 Å². The number of fused-ring (bicyclic) bond motifs is 1. The molecule has 0 aliphatic carbocycles. The molecule has 0 saturated carbocycles. The zero-order chi connectivity index (χ0) is 19.0. The van der Waals surface area contributed by atoms with Gasteiger partial charge in [-0.05, 0) is 30.3 Å². The molecule has 0 bridgehead atoms. The Hall–Kier alpha value is -3.15. The Bertz CT molecular complexity index is 1110. The highest BCUT2D eigenvalue weighted by molar-refractivity contribution is 5.80. The molecule has 0 spiro atoms. The highest BCUT2D eigenvalue weighted by atomic mass is 19.4. The lowest BCUT2D eigenvalue weighted by Gasteiger charge is -2.12. The van der Waals surface area contributed by atoms with Crippen LogP contribution in [0.2, 0.25) is 0 Å². The van der Waals surface area contributed by atoms with Crippen molar-refractivity contribution in [2.24, 2.45) is 0 Å². The van der Waals surface area contributed by atoms with Crippen LogP contribution in [0, 0.1) is 5.82 Å². The lowest BCUT2D eigenvalue weighted by Crippen LogP contribution is -2.07. The Kier molecular flexibility index (Phi) is 4.18.